The molecule has 1 aliphatic heterocycles. The van der Waals surface area contributed by atoms with E-state index in [-0.39, 0.29) is 18.0 Å². The Kier molecular flexibility index (Phi) is 6.39. The number of nitrogens with one attached hydrogen (secondary N) is 1. The Morgan fingerprint density at radius 3 is 2.62 bits per heavy atom. The molecule has 6 nitrogen and oxygen atoms in total. The number of hydrogen-bond acceptors (Lipinski definition) is 4. The average Bonchev–Trinajstić information content (AvgIpc) is 3.15. The van der Waals surface area contributed by atoms with Crippen molar-refractivity contribution >= 4 is 5.91 Å². The summed E-state index contributed by atoms with van der Waals surface area (Å²) in [5.41, 5.74) is 1.42. The summed E-state index contributed by atoms with van der Waals surface area (Å²) in [7, 11) is 0. The van der Waals surface area contributed by atoms with Crippen LogP contribution in [-0.4, -0.2) is 50.7 Å². The van der Waals surface area contributed by atoms with Crippen molar-refractivity contribution in [3.63, 3.8) is 0 Å². The summed E-state index contributed by atoms with van der Waals surface area (Å²) in [5.74, 6) is 0.814. The van der Waals surface area contributed by atoms with Crippen LogP contribution in [0.2, 0.25) is 0 Å². The third kappa shape index (κ3) is 5.14. The number of carbonyl (C=O) groups excluding carboxylic acids is 1. The maximum Gasteiger partial charge on any atom is 0.237 e. The normalized spacial score (nSPS) is 18.4. The first-order valence-electron chi connectivity index (χ1n) is 9.52. The van der Waals surface area contributed by atoms with Gasteiger partial charge in [-0.3, -0.25) is 14.4 Å². The van der Waals surface area contributed by atoms with E-state index in [9.17, 15) is 4.79 Å². The summed E-state index contributed by atoms with van der Waals surface area (Å²) in [6, 6.07) is 10.6. The van der Waals surface area contributed by atoms with Crippen molar-refractivity contribution < 1.29 is 4.79 Å². The average molecular weight is 355 g/mol. The van der Waals surface area contributed by atoms with Crippen LogP contribution in [0, 0.1) is 5.92 Å². The maximum absolute atomic E-state index is 12.6. The van der Waals surface area contributed by atoms with Crippen molar-refractivity contribution in [2.24, 2.45) is 5.92 Å². The van der Waals surface area contributed by atoms with Crippen LogP contribution in [0.5, 0.6) is 0 Å². The van der Waals surface area contributed by atoms with E-state index in [2.05, 4.69) is 50.6 Å². The molecular formula is C20H29N5O. The summed E-state index contributed by atoms with van der Waals surface area (Å²) < 4.78 is 1.74. The summed E-state index contributed by atoms with van der Waals surface area (Å²) in [6.07, 6.45) is 6.63. The molecular weight excluding hydrogens is 326 g/mol. The number of piperidine rings is 1. The molecule has 0 saturated carbocycles. The lowest BCUT2D eigenvalue weighted by Gasteiger charge is -2.35. The van der Waals surface area contributed by atoms with Gasteiger partial charge in [0.15, 0.2) is 0 Å². The fourth-order valence-corrected chi connectivity index (χ4v) is 3.67. The fraction of sp³-hybridized carbons (Fsp3) is 0.550. The van der Waals surface area contributed by atoms with E-state index >= 15 is 0 Å². The molecule has 0 spiro atoms. The third-order valence-electron chi connectivity index (χ3n) is 5.26. The van der Waals surface area contributed by atoms with Crippen LogP contribution < -0.4 is 5.32 Å². The van der Waals surface area contributed by atoms with Crippen molar-refractivity contribution in [2.75, 3.05) is 13.1 Å². The molecule has 1 amide bonds. The van der Waals surface area contributed by atoms with Gasteiger partial charge in [0.2, 0.25) is 5.91 Å². The van der Waals surface area contributed by atoms with Crippen molar-refractivity contribution in [3.05, 3.63) is 48.5 Å². The van der Waals surface area contributed by atoms with Gasteiger partial charge in [0.25, 0.3) is 0 Å². The number of nitrogens with zero attached hydrogens (tertiary/aromatic N) is 4. The molecule has 1 aromatic heterocycles. The molecule has 2 heterocycles. The molecule has 1 N–H and O–H groups in total. The standard InChI is InChI=1S/C20H29N5O/c1-16(13-25-15-21-14-22-25)23-20(26)17(2)24-10-8-19(9-11-24)12-18-6-4-3-5-7-18/h3-7,14-17,19H,8-13H2,1-2H3,(H,23,26). The number of likely N-dealkylation sites (tertiary alicyclic amines) is 1. The summed E-state index contributed by atoms with van der Waals surface area (Å²) in [4.78, 5) is 18.8. The number of hydrogen-bond donors (Lipinski definition) is 1. The van der Waals surface area contributed by atoms with Gasteiger partial charge in [0.1, 0.15) is 12.7 Å². The highest BCUT2D eigenvalue weighted by atomic mass is 16.2. The van der Waals surface area contributed by atoms with Gasteiger partial charge < -0.3 is 5.32 Å². The van der Waals surface area contributed by atoms with E-state index in [1.54, 1.807) is 11.0 Å². The molecule has 2 unspecified atom stereocenters. The smallest absolute Gasteiger partial charge is 0.237 e. The minimum atomic E-state index is -0.0918. The van der Waals surface area contributed by atoms with E-state index in [0.717, 1.165) is 38.3 Å². The van der Waals surface area contributed by atoms with Gasteiger partial charge in [-0.25, -0.2) is 4.98 Å². The zero-order chi connectivity index (χ0) is 18.4. The lowest BCUT2D eigenvalue weighted by molar-refractivity contribution is -0.127. The van der Waals surface area contributed by atoms with Gasteiger partial charge in [0, 0.05) is 6.04 Å². The summed E-state index contributed by atoms with van der Waals surface area (Å²) in [6.45, 7) is 6.62. The maximum atomic E-state index is 12.6. The van der Waals surface area contributed by atoms with Crippen LogP contribution in [0.25, 0.3) is 0 Å². The topological polar surface area (TPSA) is 63.1 Å². The lowest BCUT2D eigenvalue weighted by Crippen LogP contribution is -2.50. The first-order valence-corrected chi connectivity index (χ1v) is 9.52. The van der Waals surface area contributed by atoms with Crippen LogP contribution in [-0.2, 0) is 17.8 Å². The van der Waals surface area contributed by atoms with Gasteiger partial charge in [0.05, 0.1) is 12.6 Å². The van der Waals surface area contributed by atoms with Crippen molar-refractivity contribution in [1.82, 2.24) is 25.0 Å². The number of amides is 1. The molecule has 1 saturated heterocycles. The minimum Gasteiger partial charge on any atom is -0.350 e. The Bertz CT molecular complexity index is 665. The van der Waals surface area contributed by atoms with Crippen LogP contribution in [0.15, 0.2) is 43.0 Å². The molecule has 26 heavy (non-hydrogen) atoms. The quantitative estimate of drug-likeness (QED) is 0.826. The van der Waals surface area contributed by atoms with Crippen LogP contribution in [0.1, 0.15) is 32.3 Å². The SMILES string of the molecule is CC(Cn1cncn1)NC(=O)C(C)N1CCC(Cc2ccccc2)CC1. The Balaban J connectivity index is 1.42. The van der Waals surface area contributed by atoms with Gasteiger partial charge >= 0.3 is 0 Å². The Morgan fingerprint density at radius 1 is 1.23 bits per heavy atom. The van der Waals surface area contributed by atoms with Crippen LogP contribution >= 0.6 is 0 Å². The zero-order valence-corrected chi connectivity index (χ0v) is 15.7. The molecule has 1 aromatic carbocycles. The first-order chi connectivity index (χ1) is 12.6. The number of rotatable bonds is 7. The first kappa shape index (κ1) is 18.6. The Morgan fingerprint density at radius 2 is 1.96 bits per heavy atom. The van der Waals surface area contributed by atoms with Crippen LogP contribution in [0.3, 0.4) is 0 Å². The van der Waals surface area contributed by atoms with Gasteiger partial charge in [-0.15, -0.1) is 0 Å². The predicted octanol–water partition coefficient (Wildman–Crippen LogP) is 2.13. The molecule has 1 fully saturated rings. The highest BCUT2D eigenvalue weighted by molar-refractivity contribution is 5.81. The molecule has 1 aliphatic rings. The summed E-state index contributed by atoms with van der Waals surface area (Å²) in [5, 5.41) is 7.18. The van der Waals surface area contributed by atoms with E-state index in [1.165, 1.54) is 11.9 Å². The highest BCUT2D eigenvalue weighted by Crippen LogP contribution is 2.23. The molecule has 2 aromatic rings. The molecule has 140 valence electrons. The van der Waals surface area contributed by atoms with E-state index in [0.29, 0.717) is 6.54 Å². The zero-order valence-electron chi connectivity index (χ0n) is 15.7. The molecule has 0 radical (unpaired) electrons. The second kappa shape index (κ2) is 8.94. The van der Waals surface area contributed by atoms with E-state index in [1.807, 2.05) is 13.8 Å². The Labute approximate surface area is 155 Å². The van der Waals surface area contributed by atoms with E-state index < -0.39 is 0 Å². The number of carbonyl (C=O) groups is 1. The van der Waals surface area contributed by atoms with Gasteiger partial charge in [-0.2, -0.15) is 5.10 Å². The Hall–Kier alpha value is -2.21. The highest BCUT2D eigenvalue weighted by Gasteiger charge is 2.27. The summed E-state index contributed by atoms with van der Waals surface area (Å²) >= 11 is 0. The largest absolute Gasteiger partial charge is 0.350 e. The van der Waals surface area contributed by atoms with Gasteiger partial charge in [-0.05, 0) is 57.7 Å². The minimum absolute atomic E-state index is 0.0299. The van der Waals surface area contributed by atoms with Crippen molar-refractivity contribution in [1.29, 1.82) is 0 Å². The number of benzene rings is 1. The lowest BCUT2D eigenvalue weighted by atomic mass is 9.89. The molecule has 2 atom stereocenters. The predicted molar refractivity (Wildman–Crippen MR) is 102 cm³/mol. The second-order valence-corrected chi connectivity index (χ2v) is 7.37. The molecule has 0 bridgehead atoms. The van der Waals surface area contributed by atoms with Crippen molar-refractivity contribution in [3.8, 4) is 0 Å². The van der Waals surface area contributed by atoms with E-state index in [4.69, 9.17) is 0 Å². The molecule has 6 heteroatoms. The van der Waals surface area contributed by atoms with Crippen LogP contribution in [0.4, 0.5) is 0 Å². The van der Waals surface area contributed by atoms with Crippen molar-refractivity contribution in [2.45, 2.75) is 51.7 Å². The van der Waals surface area contributed by atoms with Gasteiger partial charge in [-0.1, -0.05) is 30.3 Å². The fourth-order valence-electron chi connectivity index (χ4n) is 3.67. The number of aromatic nitrogens is 3. The monoisotopic (exact) mass is 355 g/mol. The second-order valence-electron chi connectivity index (χ2n) is 7.37. The molecule has 0 aliphatic carbocycles. The third-order valence-corrected chi connectivity index (χ3v) is 5.26. The molecule has 3 rings (SSSR count).